The fourth-order valence-electron chi connectivity index (χ4n) is 3.58. The SMILES string of the molecule is CCOC(=O)C(=NO)C(C)=NNC(=O)c1nnn(-c2nonc2N)c1CN1CCc2ccccc21. The lowest BCUT2D eigenvalue weighted by atomic mass is 10.2. The average Bonchev–Trinajstić information content (AvgIpc) is 3.57. The standard InChI is InChI=1S/C20H22N10O5/c1-3-34-20(32)15(25-33)11(2)22-24-19(31)16-14(30(28-23-16)18-17(21)26-35-27-18)10-29-9-8-12-6-4-5-7-13(12)29/h4-7,33H,3,8-10H2,1-2H3,(H2,21,26)(H,24,31). The molecule has 0 unspecified atom stereocenters. The summed E-state index contributed by atoms with van der Waals surface area (Å²) in [6.07, 6.45) is 0.841. The predicted octanol–water partition coefficient (Wildman–Crippen LogP) is 0.294. The zero-order valence-electron chi connectivity index (χ0n) is 18.9. The molecule has 0 aliphatic carbocycles. The van der Waals surface area contributed by atoms with Gasteiger partial charge in [-0.1, -0.05) is 28.6 Å². The number of carbonyl (C=O) groups is 2. The Labute approximate surface area is 198 Å². The third kappa shape index (κ3) is 4.64. The van der Waals surface area contributed by atoms with Crippen molar-refractivity contribution in [3.63, 3.8) is 0 Å². The summed E-state index contributed by atoms with van der Waals surface area (Å²) in [7, 11) is 0. The minimum Gasteiger partial charge on any atom is -0.461 e. The van der Waals surface area contributed by atoms with Crippen LogP contribution in [0, 0.1) is 0 Å². The van der Waals surface area contributed by atoms with Gasteiger partial charge in [0.1, 0.15) is 0 Å². The molecule has 3 aromatic rings. The maximum absolute atomic E-state index is 13.0. The molecular weight excluding hydrogens is 460 g/mol. The molecule has 0 radical (unpaired) electrons. The number of hydrazone groups is 1. The minimum absolute atomic E-state index is 0.0305. The van der Waals surface area contributed by atoms with Gasteiger partial charge >= 0.3 is 5.97 Å². The smallest absolute Gasteiger partial charge is 0.362 e. The maximum atomic E-state index is 13.0. The first-order valence-electron chi connectivity index (χ1n) is 10.5. The molecule has 4 rings (SSSR count). The van der Waals surface area contributed by atoms with Crippen LogP contribution in [0.15, 0.2) is 39.2 Å². The Morgan fingerprint density at radius 1 is 1.31 bits per heavy atom. The number of para-hydroxylation sites is 1. The fourth-order valence-corrected chi connectivity index (χ4v) is 3.58. The summed E-state index contributed by atoms with van der Waals surface area (Å²) >= 11 is 0. The molecule has 182 valence electrons. The predicted molar refractivity (Wildman–Crippen MR) is 121 cm³/mol. The second kappa shape index (κ2) is 9.98. The molecule has 3 heterocycles. The first-order chi connectivity index (χ1) is 16.9. The number of carbonyl (C=O) groups excluding carboxylic acids is 2. The summed E-state index contributed by atoms with van der Waals surface area (Å²) in [5.41, 5.74) is 10.1. The number of fused-ring (bicyclic) bond motifs is 1. The molecule has 15 nitrogen and oxygen atoms in total. The number of oxime groups is 1. The fraction of sp³-hybridized carbons (Fsp3) is 0.300. The molecule has 0 fully saturated rings. The third-order valence-electron chi connectivity index (χ3n) is 5.24. The largest absolute Gasteiger partial charge is 0.461 e. The van der Waals surface area contributed by atoms with Gasteiger partial charge in [0.25, 0.3) is 5.91 Å². The van der Waals surface area contributed by atoms with Crippen molar-refractivity contribution in [1.29, 1.82) is 0 Å². The molecule has 0 atom stereocenters. The molecule has 4 N–H and O–H groups in total. The van der Waals surface area contributed by atoms with Gasteiger partial charge in [-0.15, -0.1) is 5.10 Å². The van der Waals surface area contributed by atoms with Crippen LogP contribution in [-0.2, 0) is 22.5 Å². The topological polar surface area (TPSA) is 199 Å². The number of aromatic nitrogens is 5. The van der Waals surface area contributed by atoms with E-state index in [1.54, 1.807) is 6.92 Å². The first-order valence-corrected chi connectivity index (χ1v) is 10.5. The van der Waals surface area contributed by atoms with Crippen molar-refractivity contribution >= 4 is 34.8 Å². The molecule has 1 aliphatic heterocycles. The van der Waals surface area contributed by atoms with E-state index in [9.17, 15) is 9.59 Å². The van der Waals surface area contributed by atoms with Crippen LogP contribution in [0.25, 0.3) is 5.82 Å². The lowest BCUT2D eigenvalue weighted by Gasteiger charge is -2.19. The highest BCUT2D eigenvalue weighted by molar-refractivity contribution is 6.65. The van der Waals surface area contributed by atoms with Crippen molar-refractivity contribution in [1.82, 2.24) is 30.7 Å². The maximum Gasteiger partial charge on any atom is 0.362 e. The van der Waals surface area contributed by atoms with Crippen LogP contribution in [0.5, 0.6) is 0 Å². The molecule has 1 amide bonds. The van der Waals surface area contributed by atoms with Gasteiger partial charge in [0.05, 0.1) is 24.6 Å². The third-order valence-corrected chi connectivity index (χ3v) is 5.24. The number of anilines is 2. The summed E-state index contributed by atoms with van der Waals surface area (Å²) < 4.78 is 10.8. The van der Waals surface area contributed by atoms with Crippen LogP contribution in [0.1, 0.15) is 35.6 Å². The number of rotatable bonds is 8. The van der Waals surface area contributed by atoms with Crippen LogP contribution in [0.3, 0.4) is 0 Å². The van der Waals surface area contributed by atoms with Crippen LogP contribution < -0.4 is 16.1 Å². The highest BCUT2D eigenvalue weighted by Crippen LogP contribution is 2.30. The quantitative estimate of drug-likeness (QED) is 0.172. The number of nitrogens with two attached hydrogens (primary N) is 1. The highest BCUT2D eigenvalue weighted by Gasteiger charge is 2.28. The zero-order valence-corrected chi connectivity index (χ0v) is 18.9. The number of nitrogen functional groups attached to an aromatic ring is 1. The lowest BCUT2D eigenvalue weighted by molar-refractivity contribution is -0.134. The van der Waals surface area contributed by atoms with Crippen molar-refractivity contribution in [2.45, 2.75) is 26.8 Å². The van der Waals surface area contributed by atoms with Crippen molar-refractivity contribution < 1.29 is 24.2 Å². The number of hydrogen-bond acceptors (Lipinski definition) is 13. The van der Waals surface area contributed by atoms with E-state index in [4.69, 9.17) is 15.7 Å². The lowest BCUT2D eigenvalue weighted by Crippen LogP contribution is -2.29. The molecular formula is C20H22N10O5. The molecule has 1 aliphatic rings. The molecule has 1 aromatic carbocycles. The number of benzene rings is 1. The Kier molecular flexibility index (Phi) is 6.66. The van der Waals surface area contributed by atoms with Gasteiger partial charge in [-0.05, 0) is 42.2 Å². The molecule has 15 heteroatoms. The average molecular weight is 482 g/mol. The van der Waals surface area contributed by atoms with E-state index in [1.165, 1.54) is 17.2 Å². The van der Waals surface area contributed by atoms with Gasteiger partial charge < -0.3 is 20.6 Å². The Morgan fingerprint density at radius 3 is 2.83 bits per heavy atom. The van der Waals surface area contributed by atoms with Gasteiger partial charge in [0, 0.05) is 12.2 Å². The molecule has 0 spiro atoms. The monoisotopic (exact) mass is 482 g/mol. The van der Waals surface area contributed by atoms with Gasteiger partial charge in [0.2, 0.25) is 17.3 Å². The number of amides is 1. The van der Waals surface area contributed by atoms with E-state index in [1.807, 2.05) is 24.3 Å². The number of hydrogen-bond donors (Lipinski definition) is 3. The summed E-state index contributed by atoms with van der Waals surface area (Å²) in [5, 5.41) is 31.2. The molecule has 0 saturated carbocycles. The van der Waals surface area contributed by atoms with Gasteiger partial charge in [-0.2, -0.15) is 9.78 Å². The molecule has 2 aromatic heterocycles. The van der Waals surface area contributed by atoms with E-state index < -0.39 is 17.6 Å². The van der Waals surface area contributed by atoms with Crippen molar-refractivity contribution in [3.05, 3.63) is 41.2 Å². The summed E-state index contributed by atoms with van der Waals surface area (Å²) in [4.78, 5) is 26.9. The van der Waals surface area contributed by atoms with Crippen LogP contribution in [0.4, 0.5) is 11.5 Å². The molecule has 0 saturated heterocycles. The van der Waals surface area contributed by atoms with Crippen LogP contribution in [-0.4, -0.2) is 67.0 Å². The Hall–Kier alpha value is -4.82. The van der Waals surface area contributed by atoms with Crippen LogP contribution >= 0.6 is 0 Å². The summed E-state index contributed by atoms with van der Waals surface area (Å²) in [6, 6.07) is 7.93. The van der Waals surface area contributed by atoms with Gasteiger partial charge in [-0.3, -0.25) is 4.79 Å². The second-order valence-corrected chi connectivity index (χ2v) is 7.38. The van der Waals surface area contributed by atoms with Crippen molar-refractivity contribution in [3.8, 4) is 5.82 Å². The Morgan fingerprint density at radius 2 is 2.11 bits per heavy atom. The normalized spacial score (nSPS) is 13.6. The molecule has 0 bridgehead atoms. The summed E-state index contributed by atoms with van der Waals surface area (Å²) in [5.74, 6) is -1.57. The number of esters is 1. The van der Waals surface area contributed by atoms with E-state index in [0.29, 0.717) is 12.2 Å². The molecule has 35 heavy (non-hydrogen) atoms. The van der Waals surface area contributed by atoms with Gasteiger partial charge in [-0.25, -0.2) is 14.8 Å². The first kappa shape index (κ1) is 23.3. The number of nitrogens with zero attached hydrogens (tertiary/aromatic N) is 8. The van der Waals surface area contributed by atoms with Crippen molar-refractivity contribution in [2.24, 2.45) is 10.3 Å². The number of ether oxygens (including phenoxy) is 1. The van der Waals surface area contributed by atoms with E-state index in [2.05, 4.69) is 45.8 Å². The zero-order chi connectivity index (χ0) is 24.9. The minimum atomic E-state index is -0.890. The van der Waals surface area contributed by atoms with Crippen LogP contribution in [0.2, 0.25) is 0 Å². The summed E-state index contributed by atoms with van der Waals surface area (Å²) in [6.45, 7) is 4.00. The second-order valence-electron chi connectivity index (χ2n) is 7.38. The highest BCUT2D eigenvalue weighted by atomic mass is 16.6. The number of nitrogens with one attached hydrogen (secondary N) is 1. The Bertz CT molecular complexity index is 1310. The van der Waals surface area contributed by atoms with E-state index in [-0.39, 0.29) is 36.2 Å². The van der Waals surface area contributed by atoms with Crippen molar-refractivity contribution in [2.75, 3.05) is 23.8 Å². The Balaban J connectivity index is 1.64. The van der Waals surface area contributed by atoms with E-state index >= 15 is 0 Å². The van der Waals surface area contributed by atoms with E-state index in [0.717, 1.165) is 12.1 Å². The van der Waals surface area contributed by atoms with Gasteiger partial charge in [0.15, 0.2) is 5.69 Å².